The minimum atomic E-state index is -0.358. The van der Waals surface area contributed by atoms with Gasteiger partial charge in [-0.1, -0.05) is 29.9 Å². The van der Waals surface area contributed by atoms with Crippen LogP contribution in [0.25, 0.3) is 5.69 Å². The van der Waals surface area contributed by atoms with Crippen molar-refractivity contribution >= 4 is 23.5 Å². The van der Waals surface area contributed by atoms with Gasteiger partial charge in [0, 0.05) is 6.07 Å². The fraction of sp³-hybridized carbons (Fsp3) is 0.353. The number of rotatable bonds is 6. The van der Waals surface area contributed by atoms with E-state index < -0.39 is 0 Å². The maximum Gasteiger partial charge on any atom is 0.239 e. The Kier molecular flexibility index (Phi) is 5.36. The van der Waals surface area contributed by atoms with Crippen molar-refractivity contribution in [1.29, 1.82) is 0 Å². The van der Waals surface area contributed by atoms with Gasteiger partial charge in [-0.15, -0.1) is 5.10 Å². The second-order valence-electron chi connectivity index (χ2n) is 5.97. The molecule has 3 aromatic rings. The molecule has 1 amide bonds. The molecule has 0 bridgehead atoms. The molecule has 8 nitrogen and oxygen atoms in total. The number of carbonyl (C=O) groups is 1. The predicted octanol–water partition coefficient (Wildman–Crippen LogP) is 3.08. The highest BCUT2D eigenvalue weighted by Crippen LogP contribution is 2.26. The molecular formula is C17H20N6O2S. The number of thioether (sulfide) groups is 1. The average molecular weight is 372 g/mol. The smallest absolute Gasteiger partial charge is 0.239 e. The van der Waals surface area contributed by atoms with Crippen molar-refractivity contribution in [1.82, 2.24) is 25.4 Å². The SMILES string of the molecule is CCC(Sc1nnnn1-c1ccc(C)c(C)c1)C(=O)Nc1cc(C)on1. The largest absolute Gasteiger partial charge is 0.360 e. The number of nitrogens with zero attached hydrogens (tertiary/aromatic N) is 5. The Morgan fingerprint density at radius 3 is 2.73 bits per heavy atom. The highest BCUT2D eigenvalue weighted by Gasteiger charge is 2.23. The van der Waals surface area contributed by atoms with Gasteiger partial charge >= 0.3 is 0 Å². The summed E-state index contributed by atoms with van der Waals surface area (Å²) in [6.45, 7) is 7.80. The van der Waals surface area contributed by atoms with Gasteiger partial charge in [0.05, 0.1) is 10.9 Å². The molecule has 0 saturated carbocycles. The first-order chi connectivity index (χ1) is 12.5. The molecule has 0 aliphatic rings. The number of hydrogen-bond acceptors (Lipinski definition) is 7. The lowest BCUT2D eigenvalue weighted by Gasteiger charge is -2.13. The average Bonchev–Trinajstić information content (AvgIpc) is 3.24. The molecule has 0 aliphatic carbocycles. The topological polar surface area (TPSA) is 98.7 Å². The normalized spacial score (nSPS) is 12.2. The fourth-order valence-electron chi connectivity index (χ4n) is 2.35. The summed E-state index contributed by atoms with van der Waals surface area (Å²) >= 11 is 1.32. The number of nitrogens with one attached hydrogen (secondary N) is 1. The summed E-state index contributed by atoms with van der Waals surface area (Å²) in [5.74, 6) is 0.875. The van der Waals surface area contributed by atoms with Crippen molar-refractivity contribution in [2.75, 3.05) is 5.32 Å². The molecule has 1 unspecified atom stereocenters. The number of anilines is 1. The Morgan fingerprint density at radius 1 is 1.27 bits per heavy atom. The van der Waals surface area contributed by atoms with Gasteiger partial charge in [0.15, 0.2) is 5.82 Å². The molecule has 0 saturated heterocycles. The van der Waals surface area contributed by atoms with E-state index in [-0.39, 0.29) is 11.2 Å². The summed E-state index contributed by atoms with van der Waals surface area (Å²) < 4.78 is 6.62. The number of carbonyl (C=O) groups excluding carboxylic acids is 1. The number of aryl methyl sites for hydroxylation is 3. The summed E-state index contributed by atoms with van der Waals surface area (Å²) in [6, 6.07) is 7.68. The van der Waals surface area contributed by atoms with E-state index >= 15 is 0 Å². The first kappa shape index (κ1) is 18.1. The third-order valence-corrected chi connectivity index (χ3v) is 5.26. The predicted molar refractivity (Wildman–Crippen MR) is 98.4 cm³/mol. The molecule has 0 aliphatic heterocycles. The maximum absolute atomic E-state index is 12.5. The van der Waals surface area contributed by atoms with Crippen molar-refractivity contribution in [3.63, 3.8) is 0 Å². The van der Waals surface area contributed by atoms with Gasteiger partial charge in [0.1, 0.15) is 5.76 Å². The van der Waals surface area contributed by atoms with Crippen LogP contribution in [-0.4, -0.2) is 36.5 Å². The number of tetrazole rings is 1. The Bertz CT molecular complexity index is 920. The molecule has 9 heteroatoms. The summed E-state index contributed by atoms with van der Waals surface area (Å²) in [6.07, 6.45) is 0.618. The third-order valence-electron chi connectivity index (χ3n) is 3.97. The van der Waals surface area contributed by atoms with Gasteiger partial charge in [0.25, 0.3) is 0 Å². The quantitative estimate of drug-likeness (QED) is 0.664. The van der Waals surface area contributed by atoms with Gasteiger partial charge in [-0.25, -0.2) is 0 Å². The van der Waals surface area contributed by atoms with Gasteiger partial charge < -0.3 is 9.84 Å². The van der Waals surface area contributed by atoms with Crippen molar-refractivity contribution < 1.29 is 9.32 Å². The van der Waals surface area contributed by atoms with E-state index in [0.717, 1.165) is 11.3 Å². The van der Waals surface area contributed by atoms with Crippen LogP contribution in [0.5, 0.6) is 0 Å². The van der Waals surface area contributed by atoms with Crippen molar-refractivity contribution in [3.8, 4) is 5.69 Å². The molecule has 0 spiro atoms. The summed E-state index contributed by atoms with van der Waals surface area (Å²) in [7, 11) is 0. The second-order valence-corrected chi connectivity index (χ2v) is 7.14. The van der Waals surface area contributed by atoms with Gasteiger partial charge in [0.2, 0.25) is 11.1 Å². The van der Waals surface area contributed by atoms with Crippen molar-refractivity contribution in [3.05, 3.63) is 41.2 Å². The van der Waals surface area contributed by atoms with E-state index in [2.05, 4.69) is 32.9 Å². The Balaban J connectivity index is 1.78. The Labute approximate surface area is 155 Å². The Morgan fingerprint density at radius 2 is 2.08 bits per heavy atom. The van der Waals surface area contributed by atoms with Gasteiger partial charge in [-0.05, 0) is 60.9 Å². The zero-order valence-electron chi connectivity index (χ0n) is 15.1. The molecule has 1 atom stereocenters. The molecule has 1 aromatic carbocycles. The van der Waals surface area contributed by atoms with E-state index in [0.29, 0.717) is 23.2 Å². The van der Waals surface area contributed by atoms with Crippen LogP contribution >= 0.6 is 11.8 Å². The van der Waals surface area contributed by atoms with Crippen LogP contribution in [0, 0.1) is 20.8 Å². The zero-order chi connectivity index (χ0) is 18.7. The molecule has 1 N–H and O–H groups in total. The van der Waals surface area contributed by atoms with Crippen LogP contribution in [0.2, 0.25) is 0 Å². The third kappa shape index (κ3) is 3.93. The highest BCUT2D eigenvalue weighted by molar-refractivity contribution is 8.00. The molecular weight excluding hydrogens is 352 g/mol. The molecule has 0 radical (unpaired) electrons. The minimum Gasteiger partial charge on any atom is -0.360 e. The molecule has 0 fully saturated rings. The molecule has 26 heavy (non-hydrogen) atoms. The molecule has 2 heterocycles. The number of aromatic nitrogens is 5. The number of amides is 1. The first-order valence-electron chi connectivity index (χ1n) is 8.24. The zero-order valence-corrected chi connectivity index (χ0v) is 15.9. The van der Waals surface area contributed by atoms with Crippen LogP contribution in [0.15, 0.2) is 33.9 Å². The van der Waals surface area contributed by atoms with Crippen molar-refractivity contribution in [2.45, 2.75) is 44.5 Å². The van der Waals surface area contributed by atoms with E-state index in [4.69, 9.17) is 4.52 Å². The van der Waals surface area contributed by atoms with Crippen LogP contribution < -0.4 is 5.32 Å². The van der Waals surface area contributed by atoms with E-state index in [9.17, 15) is 4.79 Å². The number of hydrogen-bond donors (Lipinski definition) is 1. The van der Waals surface area contributed by atoms with E-state index in [1.165, 1.54) is 17.3 Å². The summed E-state index contributed by atoms with van der Waals surface area (Å²) in [5, 5.41) is 18.7. The monoisotopic (exact) mass is 372 g/mol. The lowest BCUT2D eigenvalue weighted by atomic mass is 10.1. The molecule has 2 aromatic heterocycles. The van der Waals surface area contributed by atoms with Crippen LogP contribution in [-0.2, 0) is 4.79 Å². The van der Waals surface area contributed by atoms with E-state index in [1.54, 1.807) is 17.7 Å². The highest BCUT2D eigenvalue weighted by atomic mass is 32.2. The standard InChI is InChI=1S/C17H20N6O2S/c1-5-14(16(24)18-15-9-12(4)25-20-15)26-17-19-21-22-23(17)13-7-6-10(2)11(3)8-13/h6-9,14H,5H2,1-4H3,(H,18,20,24). The maximum atomic E-state index is 12.5. The Hall–Kier alpha value is -2.68. The molecule has 3 rings (SSSR count). The van der Waals surface area contributed by atoms with Gasteiger partial charge in [-0.2, -0.15) is 4.68 Å². The summed E-state index contributed by atoms with van der Waals surface area (Å²) in [5.41, 5.74) is 3.22. The molecule has 136 valence electrons. The lowest BCUT2D eigenvalue weighted by molar-refractivity contribution is -0.115. The van der Waals surface area contributed by atoms with Gasteiger partial charge in [-0.3, -0.25) is 4.79 Å². The summed E-state index contributed by atoms with van der Waals surface area (Å²) in [4.78, 5) is 12.5. The lowest BCUT2D eigenvalue weighted by Crippen LogP contribution is -2.25. The van der Waals surface area contributed by atoms with Crippen LogP contribution in [0.3, 0.4) is 0 Å². The van der Waals surface area contributed by atoms with E-state index in [1.807, 2.05) is 32.0 Å². The first-order valence-corrected chi connectivity index (χ1v) is 9.12. The van der Waals surface area contributed by atoms with Crippen LogP contribution in [0.4, 0.5) is 5.82 Å². The minimum absolute atomic E-state index is 0.166. The van der Waals surface area contributed by atoms with Crippen molar-refractivity contribution in [2.24, 2.45) is 0 Å². The number of benzene rings is 1. The fourth-order valence-corrected chi connectivity index (χ4v) is 3.27. The van der Waals surface area contributed by atoms with Crippen LogP contribution in [0.1, 0.15) is 30.2 Å². The second kappa shape index (κ2) is 7.69.